The maximum absolute atomic E-state index is 12.2. The van der Waals surface area contributed by atoms with Gasteiger partial charge in [-0.05, 0) is 55.3 Å². The molecule has 0 aromatic heterocycles. The molecule has 0 aliphatic heterocycles. The lowest BCUT2D eigenvalue weighted by molar-refractivity contribution is -0.114. The van der Waals surface area contributed by atoms with E-state index in [1.807, 2.05) is 19.1 Å². The monoisotopic (exact) mass is 411 g/mol. The van der Waals surface area contributed by atoms with Gasteiger partial charge >= 0.3 is 0 Å². The third-order valence-corrected chi connectivity index (χ3v) is 4.01. The summed E-state index contributed by atoms with van der Waals surface area (Å²) in [6.07, 6.45) is 0.764. The fraction of sp³-hybridized carbons (Fsp3) is 0.304. The number of hydrogen-bond acceptors (Lipinski definition) is 5. The van der Waals surface area contributed by atoms with Gasteiger partial charge in [0.2, 0.25) is 5.91 Å². The molecular formula is C23H29N3O4. The molecule has 2 aromatic rings. The van der Waals surface area contributed by atoms with Crippen molar-refractivity contribution in [3.8, 4) is 5.75 Å². The quantitative estimate of drug-likeness (QED) is 0.368. The maximum atomic E-state index is 12.2. The highest BCUT2D eigenvalue weighted by atomic mass is 16.5. The van der Waals surface area contributed by atoms with Crippen LogP contribution in [0, 0.1) is 0 Å². The van der Waals surface area contributed by atoms with Gasteiger partial charge in [-0.25, -0.2) is 0 Å². The summed E-state index contributed by atoms with van der Waals surface area (Å²) in [5.74, 6) is 0.344. The van der Waals surface area contributed by atoms with Gasteiger partial charge in [0.25, 0.3) is 5.91 Å². The van der Waals surface area contributed by atoms with E-state index in [1.165, 1.54) is 0 Å². The number of benzene rings is 2. The highest BCUT2D eigenvalue weighted by Gasteiger charge is 2.06. The summed E-state index contributed by atoms with van der Waals surface area (Å²) in [5.41, 5.74) is 2.89. The number of hydrogen-bond donors (Lipinski definition) is 3. The third kappa shape index (κ3) is 8.36. The summed E-state index contributed by atoms with van der Waals surface area (Å²) in [7, 11) is 1.63. The Bertz CT molecular complexity index is 850. The van der Waals surface area contributed by atoms with Crippen LogP contribution >= 0.6 is 0 Å². The molecule has 2 rings (SSSR count). The minimum atomic E-state index is -0.188. The third-order valence-electron chi connectivity index (χ3n) is 4.01. The Morgan fingerprint density at radius 1 is 1.07 bits per heavy atom. The molecule has 0 atom stereocenters. The van der Waals surface area contributed by atoms with Gasteiger partial charge in [-0.15, -0.1) is 0 Å². The van der Waals surface area contributed by atoms with Gasteiger partial charge in [0.15, 0.2) is 0 Å². The first-order valence-electron chi connectivity index (χ1n) is 9.76. The molecule has 0 unspecified atom stereocenters. The molecule has 7 nitrogen and oxygen atoms in total. The predicted molar refractivity (Wildman–Crippen MR) is 119 cm³/mol. The highest BCUT2D eigenvalue weighted by molar-refractivity contribution is 5.95. The number of amides is 2. The Morgan fingerprint density at radius 2 is 1.83 bits per heavy atom. The summed E-state index contributed by atoms with van der Waals surface area (Å²) in [6, 6.07) is 14.2. The maximum Gasteiger partial charge on any atom is 0.251 e. The second-order valence-corrected chi connectivity index (χ2v) is 6.85. The fourth-order valence-corrected chi connectivity index (χ4v) is 2.52. The van der Waals surface area contributed by atoms with E-state index in [-0.39, 0.29) is 18.4 Å². The van der Waals surface area contributed by atoms with E-state index >= 15 is 0 Å². The van der Waals surface area contributed by atoms with Gasteiger partial charge in [-0.2, -0.15) is 0 Å². The summed E-state index contributed by atoms with van der Waals surface area (Å²) in [4.78, 5) is 24.3. The van der Waals surface area contributed by atoms with Crippen LogP contribution < -0.4 is 20.7 Å². The van der Waals surface area contributed by atoms with E-state index in [2.05, 4.69) is 22.5 Å². The smallest absolute Gasteiger partial charge is 0.251 e. The van der Waals surface area contributed by atoms with Crippen LogP contribution in [0.2, 0.25) is 0 Å². The Balaban J connectivity index is 1.78. The number of anilines is 2. The topological polar surface area (TPSA) is 88.7 Å². The summed E-state index contributed by atoms with van der Waals surface area (Å²) >= 11 is 0. The van der Waals surface area contributed by atoms with E-state index in [0.717, 1.165) is 17.7 Å². The van der Waals surface area contributed by atoms with Crippen molar-refractivity contribution < 1.29 is 19.1 Å². The van der Waals surface area contributed by atoms with E-state index in [9.17, 15) is 9.59 Å². The standard InChI is InChI=1S/C23H29N3O4/c1-17(2)16-30-21-7-4-6-20(14-21)26-22(27)15-25-19-10-8-18(9-11-19)23(28)24-12-5-13-29-3/h4,6-11,14,25H,1,5,12-13,15-16H2,2-3H3,(H,24,28)(H,26,27). The molecule has 2 aromatic carbocycles. The van der Waals surface area contributed by atoms with Crippen molar-refractivity contribution in [2.24, 2.45) is 0 Å². The molecule has 7 heteroatoms. The second-order valence-electron chi connectivity index (χ2n) is 6.85. The average molecular weight is 412 g/mol. The summed E-state index contributed by atoms with van der Waals surface area (Å²) < 4.78 is 10.5. The van der Waals surface area contributed by atoms with Crippen molar-refractivity contribution in [2.75, 3.05) is 44.0 Å². The van der Waals surface area contributed by atoms with Crippen LogP contribution in [-0.2, 0) is 9.53 Å². The summed E-state index contributed by atoms with van der Waals surface area (Å²) in [6.45, 7) is 7.38. The Labute approximate surface area is 177 Å². The van der Waals surface area contributed by atoms with Crippen molar-refractivity contribution >= 4 is 23.2 Å². The number of carbonyl (C=O) groups excluding carboxylic acids is 2. The fourth-order valence-electron chi connectivity index (χ4n) is 2.52. The molecule has 0 fully saturated rings. The van der Waals surface area contributed by atoms with Gasteiger partial charge < -0.3 is 25.4 Å². The van der Waals surface area contributed by atoms with Crippen LogP contribution in [0.15, 0.2) is 60.7 Å². The first-order valence-corrected chi connectivity index (χ1v) is 9.76. The predicted octanol–water partition coefficient (Wildman–Crippen LogP) is 3.46. The zero-order chi connectivity index (χ0) is 21.8. The van der Waals surface area contributed by atoms with E-state index < -0.39 is 0 Å². The number of ether oxygens (including phenoxy) is 2. The molecule has 0 saturated heterocycles. The van der Waals surface area contributed by atoms with Crippen molar-refractivity contribution in [1.82, 2.24) is 5.32 Å². The molecule has 0 heterocycles. The van der Waals surface area contributed by atoms with Crippen molar-refractivity contribution in [3.05, 3.63) is 66.2 Å². The molecule has 0 bridgehead atoms. The molecule has 160 valence electrons. The molecule has 0 spiro atoms. The molecule has 0 aliphatic carbocycles. The largest absolute Gasteiger partial charge is 0.489 e. The van der Waals surface area contributed by atoms with Crippen LogP contribution in [0.4, 0.5) is 11.4 Å². The summed E-state index contributed by atoms with van der Waals surface area (Å²) in [5, 5.41) is 8.70. The number of carbonyl (C=O) groups is 2. The van der Waals surface area contributed by atoms with Gasteiger partial charge in [0, 0.05) is 43.3 Å². The molecule has 0 aliphatic rings. The highest BCUT2D eigenvalue weighted by Crippen LogP contribution is 2.18. The van der Waals surface area contributed by atoms with Crippen LogP contribution in [-0.4, -0.2) is 45.2 Å². The van der Waals surface area contributed by atoms with E-state index in [1.54, 1.807) is 43.5 Å². The van der Waals surface area contributed by atoms with Crippen LogP contribution in [0.3, 0.4) is 0 Å². The Hall–Kier alpha value is -3.32. The van der Waals surface area contributed by atoms with Gasteiger partial charge in [-0.3, -0.25) is 9.59 Å². The lowest BCUT2D eigenvalue weighted by Gasteiger charge is -2.11. The molecule has 30 heavy (non-hydrogen) atoms. The Morgan fingerprint density at radius 3 is 2.53 bits per heavy atom. The first kappa shape index (κ1) is 23.0. The molecule has 0 radical (unpaired) electrons. The lowest BCUT2D eigenvalue weighted by atomic mass is 10.2. The lowest BCUT2D eigenvalue weighted by Crippen LogP contribution is -2.25. The van der Waals surface area contributed by atoms with Crippen molar-refractivity contribution in [3.63, 3.8) is 0 Å². The first-order chi connectivity index (χ1) is 14.5. The van der Waals surface area contributed by atoms with Crippen LogP contribution in [0.5, 0.6) is 5.75 Å². The van der Waals surface area contributed by atoms with E-state index in [0.29, 0.717) is 36.8 Å². The SMILES string of the molecule is C=C(C)COc1cccc(NC(=O)CNc2ccc(C(=O)NCCCOC)cc2)c1. The van der Waals surface area contributed by atoms with Gasteiger partial charge in [0.1, 0.15) is 12.4 Å². The van der Waals surface area contributed by atoms with Crippen molar-refractivity contribution in [2.45, 2.75) is 13.3 Å². The van der Waals surface area contributed by atoms with Crippen molar-refractivity contribution in [1.29, 1.82) is 0 Å². The number of rotatable bonds is 12. The molecular weight excluding hydrogens is 382 g/mol. The molecule has 3 N–H and O–H groups in total. The molecule has 0 saturated carbocycles. The van der Waals surface area contributed by atoms with Crippen LogP contribution in [0.25, 0.3) is 0 Å². The zero-order valence-corrected chi connectivity index (χ0v) is 17.5. The number of nitrogens with one attached hydrogen (secondary N) is 3. The molecule has 2 amide bonds. The average Bonchev–Trinajstić information content (AvgIpc) is 2.74. The minimum Gasteiger partial charge on any atom is -0.489 e. The second kappa shape index (κ2) is 12.3. The van der Waals surface area contributed by atoms with E-state index in [4.69, 9.17) is 9.47 Å². The van der Waals surface area contributed by atoms with Gasteiger partial charge in [0.05, 0.1) is 6.54 Å². The Kier molecular flexibility index (Phi) is 9.40. The minimum absolute atomic E-state index is 0.0966. The zero-order valence-electron chi connectivity index (χ0n) is 17.5. The van der Waals surface area contributed by atoms with Gasteiger partial charge in [-0.1, -0.05) is 12.6 Å². The number of methoxy groups -OCH3 is 1. The van der Waals surface area contributed by atoms with Crippen LogP contribution in [0.1, 0.15) is 23.7 Å². The normalized spacial score (nSPS) is 10.2.